The summed E-state index contributed by atoms with van der Waals surface area (Å²) in [5.74, 6) is 0.236. The van der Waals surface area contributed by atoms with Gasteiger partial charge in [-0.25, -0.2) is 17.5 Å². The summed E-state index contributed by atoms with van der Waals surface area (Å²) in [6.07, 6.45) is 1.75. The second-order valence-electron chi connectivity index (χ2n) is 5.26. The molecule has 7 heteroatoms. The van der Waals surface area contributed by atoms with Crippen molar-refractivity contribution in [1.29, 1.82) is 0 Å². The molecule has 1 aromatic rings. The van der Waals surface area contributed by atoms with Crippen LogP contribution in [0.15, 0.2) is 30.3 Å². The molecule has 0 radical (unpaired) electrons. The molecule has 1 fully saturated rings. The maximum absolute atomic E-state index is 11.8. The monoisotopic (exact) mass is 326 g/mol. The van der Waals surface area contributed by atoms with Crippen molar-refractivity contribution < 1.29 is 17.9 Å². The Labute approximate surface area is 131 Å². The van der Waals surface area contributed by atoms with E-state index in [2.05, 4.69) is 5.32 Å². The molecule has 1 aliphatic heterocycles. The quantitative estimate of drug-likeness (QED) is 0.808. The molecule has 122 valence electrons. The minimum Gasteiger partial charge on any atom is -0.445 e. The van der Waals surface area contributed by atoms with Crippen molar-refractivity contribution in [2.45, 2.75) is 25.9 Å². The number of rotatable bonds is 6. The number of benzene rings is 1. The largest absolute Gasteiger partial charge is 0.445 e. The molecule has 0 aromatic heterocycles. The minimum absolute atomic E-state index is 0.229. The molecule has 0 atom stereocenters. The highest BCUT2D eigenvalue weighted by molar-refractivity contribution is 7.89. The zero-order valence-corrected chi connectivity index (χ0v) is 13.3. The molecule has 2 rings (SSSR count). The van der Waals surface area contributed by atoms with E-state index in [9.17, 15) is 13.2 Å². The zero-order chi connectivity index (χ0) is 15.8. The summed E-state index contributed by atoms with van der Waals surface area (Å²) >= 11 is 0. The van der Waals surface area contributed by atoms with Crippen LogP contribution in [0.25, 0.3) is 0 Å². The average molecular weight is 326 g/mol. The van der Waals surface area contributed by atoms with E-state index in [1.807, 2.05) is 30.3 Å². The normalized spacial score (nSPS) is 17.8. The Bertz CT molecular complexity index is 574. The van der Waals surface area contributed by atoms with Gasteiger partial charge in [-0.1, -0.05) is 30.3 Å². The fraction of sp³-hybridized carbons (Fsp3) is 0.533. The molecule has 0 bridgehead atoms. The van der Waals surface area contributed by atoms with Gasteiger partial charge in [0, 0.05) is 19.6 Å². The Morgan fingerprint density at radius 1 is 1.23 bits per heavy atom. The number of ether oxygens (including phenoxy) is 1. The second-order valence-corrected chi connectivity index (χ2v) is 7.35. The number of nitrogens with zero attached hydrogens (tertiary/aromatic N) is 1. The molecule has 1 aromatic carbocycles. The Balaban J connectivity index is 1.61. The van der Waals surface area contributed by atoms with E-state index in [-0.39, 0.29) is 12.4 Å². The standard InChI is InChI=1S/C15H22N2O4S/c18-15(21-13-14-7-2-1-3-8-14)16-9-6-11-17-10-4-5-12-22(17,19)20/h1-3,7-8H,4-6,9-13H2,(H,16,18). The summed E-state index contributed by atoms with van der Waals surface area (Å²) in [7, 11) is -3.08. The molecule has 1 aliphatic rings. The number of carbonyl (C=O) groups excluding carboxylic acids is 1. The Kier molecular flexibility index (Phi) is 6.21. The van der Waals surface area contributed by atoms with Gasteiger partial charge < -0.3 is 10.1 Å². The molecular formula is C15H22N2O4S. The summed E-state index contributed by atoms with van der Waals surface area (Å²) in [4.78, 5) is 11.5. The summed E-state index contributed by atoms with van der Waals surface area (Å²) in [6, 6.07) is 9.44. The zero-order valence-electron chi connectivity index (χ0n) is 12.5. The lowest BCUT2D eigenvalue weighted by molar-refractivity contribution is 0.139. The molecule has 0 saturated carbocycles. The van der Waals surface area contributed by atoms with Crippen LogP contribution in [-0.2, 0) is 21.4 Å². The van der Waals surface area contributed by atoms with E-state index in [0.29, 0.717) is 26.1 Å². The Hall–Kier alpha value is -1.60. The number of sulfonamides is 1. The van der Waals surface area contributed by atoms with Gasteiger partial charge in [0.1, 0.15) is 6.61 Å². The molecule has 22 heavy (non-hydrogen) atoms. The highest BCUT2D eigenvalue weighted by atomic mass is 32.2. The molecule has 6 nitrogen and oxygen atoms in total. The molecule has 0 unspecified atom stereocenters. The van der Waals surface area contributed by atoms with Crippen molar-refractivity contribution in [1.82, 2.24) is 9.62 Å². The minimum atomic E-state index is -3.08. The highest BCUT2D eigenvalue weighted by Crippen LogP contribution is 2.13. The van der Waals surface area contributed by atoms with Gasteiger partial charge in [-0.15, -0.1) is 0 Å². The smallest absolute Gasteiger partial charge is 0.407 e. The first kappa shape index (κ1) is 16.8. The average Bonchev–Trinajstić information content (AvgIpc) is 2.51. The van der Waals surface area contributed by atoms with Crippen molar-refractivity contribution in [3.05, 3.63) is 35.9 Å². The fourth-order valence-corrected chi connectivity index (χ4v) is 3.95. The van der Waals surface area contributed by atoms with Crippen molar-refractivity contribution in [3.63, 3.8) is 0 Å². The fourth-order valence-electron chi connectivity index (χ4n) is 2.31. The molecular weight excluding hydrogens is 304 g/mol. The van der Waals surface area contributed by atoms with Crippen LogP contribution in [-0.4, -0.2) is 44.2 Å². The third-order valence-electron chi connectivity index (χ3n) is 3.52. The summed E-state index contributed by atoms with van der Waals surface area (Å²) in [5.41, 5.74) is 0.928. The van der Waals surface area contributed by atoms with Gasteiger partial charge in [0.2, 0.25) is 10.0 Å². The third kappa shape index (κ3) is 5.31. The van der Waals surface area contributed by atoms with Crippen molar-refractivity contribution in [3.8, 4) is 0 Å². The van der Waals surface area contributed by atoms with Gasteiger partial charge in [0.05, 0.1) is 5.75 Å². The topological polar surface area (TPSA) is 75.7 Å². The van der Waals surface area contributed by atoms with Gasteiger partial charge in [-0.2, -0.15) is 0 Å². The van der Waals surface area contributed by atoms with Crippen molar-refractivity contribution in [2.75, 3.05) is 25.4 Å². The van der Waals surface area contributed by atoms with E-state index in [0.717, 1.165) is 18.4 Å². The maximum Gasteiger partial charge on any atom is 0.407 e. The van der Waals surface area contributed by atoms with Crippen LogP contribution in [0, 0.1) is 0 Å². The third-order valence-corrected chi connectivity index (χ3v) is 5.48. The van der Waals surface area contributed by atoms with Crippen LogP contribution in [0.5, 0.6) is 0 Å². The van der Waals surface area contributed by atoms with Gasteiger partial charge in [-0.3, -0.25) is 0 Å². The predicted octanol–water partition coefficient (Wildman–Crippen LogP) is 1.73. The molecule has 0 aliphatic carbocycles. The van der Waals surface area contributed by atoms with Crippen molar-refractivity contribution in [2.24, 2.45) is 0 Å². The lowest BCUT2D eigenvalue weighted by Gasteiger charge is -2.26. The first-order valence-corrected chi connectivity index (χ1v) is 9.11. The number of carbonyl (C=O) groups is 1. The molecule has 1 N–H and O–H groups in total. The first-order chi connectivity index (χ1) is 10.6. The van der Waals surface area contributed by atoms with E-state index in [1.54, 1.807) is 0 Å². The van der Waals surface area contributed by atoms with E-state index in [4.69, 9.17) is 4.74 Å². The van der Waals surface area contributed by atoms with Gasteiger partial charge in [0.25, 0.3) is 0 Å². The molecule has 0 spiro atoms. The Morgan fingerprint density at radius 2 is 2.00 bits per heavy atom. The molecule has 1 amide bonds. The van der Waals surface area contributed by atoms with E-state index in [1.165, 1.54) is 4.31 Å². The Morgan fingerprint density at radius 3 is 2.73 bits per heavy atom. The second kappa shape index (κ2) is 8.14. The van der Waals surface area contributed by atoms with E-state index >= 15 is 0 Å². The number of hydrogen-bond acceptors (Lipinski definition) is 4. The number of alkyl carbamates (subject to hydrolysis) is 1. The summed E-state index contributed by atoms with van der Waals surface area (Å²) < 4.78 is 30.2. The van der Waals surface area contributed by atoms with Crippen LogP contribution >= 0.6 is 0 Å². The predicted molar refractivity (Wildman–Crippen MR) is 83.8 cm³/mol. The van der Waals surface area contributed by atoms with Crippen LogP contribution in [0.2, 0.25) is 0 Å². The van der Waals surface area contributed by atoms with Crippen molar-refractivity contribution >= 4 is 16.1 Å². The van der Waals surface area contributed by atoms with Crippen LogP contribution in [0.1, 0.15) is 24.8 Å². The SMILES string of the molecule is O=C(NCCCN1CCCCS1(=O)=O)OCc1ccccc1. The lowest BCUT2D eigenvalue weighted by Crippen LogP contribution is -2.39. The highest BCUT2D eigenvalue weighted by Gasteiger charge is 2.24. The van der Waals surface area contributed by atoms with Gasteiger partial charge in [0.15, 0.2) is 0 Å². The first-order valence-electron chi connectivity index (χ1n) is 7.50. The van der Waals surface area contributed by atoms with Crippen LogP contribution in [0.3, 0.4) is 0 Å². The molecule has 1 heterocycles. The van der Waals surface area contributed by atoms with Crippen LogP contribution in [0.4, 0.5) is 4.79 Å². The summed E-state index contributed by atoms with van der Waals surface area (Å²) in [6.45, 7) is 1.66. The number of nitrogens with one attached hydrogen (secondary N) is 1. The number of hydrogen-bond donors (Lipinski definition) is 1. The van der Waals surface area contributed by atoms with Gasteiger partial charge >= 0.3 is 6.09 Å². The number of amides is 1. The maximum atomic E-state index is 11.8. The summed E-state index contributed by atoms with van der Waals surface area (Å²) in [5, 5.41) is 2.64. The van der Waals surface area contributed by atoms with Crippen LogP contribution < -0.4 is 5.32 Å². The van der Waals surface area contributed by atoms with Gasteiger partial charge in [-0.05, 0) is 24.8 Å². The lowest BCUT2D eigenvalue weighted by atomic mass is 10.2. The van der Waals surface area contributed by atoms with E-state index < -0.39 is 16.1 Å². The molecule has 1 saturated heterocycles.